The number of amides is 1. The SMILES string of the molecule is CN1Cc2cc(-c3ccc(-c4ccc(OC(F)(F)F)c(NSc5ccccn5)c4)s3)ccc2C1=O. The summed E-state index contributed by atoms with van der Waals surface area (Å²) in [6.07, 6.45) is -3.21. The van der Waals surface area contributed by atoms with Crippen LogP contribution in [0.25, 0.3) is 20.9 Å². The summed E-state index contributed by atoms with van der Waals surface area (Å²) in [6, 6.07) is 19.5. The number of rotatable bonds is 6. The van der Waals surface area contributed by atoms with Crippen molar-refractivity contribution < 1.29 is 22.7 Å². The second-order valence-electron chi connectivity index (χ2n) is 7.83. The van der Waals surface area contributed by atoms with E-state index in [1.807, 2.05) is 30.3 Å². The van der Waals surface area contributed by atoms with Crippen molar-refractivity contribution in [3.05, 3.63) is 84.1 Å². The highest BCUT2D eigenvalue weighted by Gasteiger charge is 2.32. The topological polar surface area (TPSA) is 54.5 Å². The summed E-state index contributed by atoms with van der Waals surface area (Å²) in [7, 11) is 1.77. The zero-order valence-electron chi connectivity index (χ0n) is 18.3. The molecule has 5 nitrogen and oxygen atoms in total. The number of halogens is 3. The molecule has 0 fully saturated rings. The largest absolute Gasteiger partial charge is 0.573 e. The van der Waals surface area contributed by atoms with Crippen LogP contribution in [0.4, 0.5) is 18.9 Å². The molecule has 0 saturated heterocycles. The molecular formula is C25H18F3N3O2S2. The molecule has 2 aromatic carbocycles. The smallest absolute Gasteiger partial charge is 0.404 e. The van der Waals surface area contributed by atoms with Crippen molar-refractivity contribution in [1.29, 1.82) is 0 Å². The Hall–Kier alpha value is -3.50. The first kappa shape index (κ1) is 23.3. The van der Waals surface area contributed by atoms with Gasteiger partial charge >= 0.3 is 6.36 Å². The number of carbonyl (C=O) groups is 1. The highest BCUT2D eigenvalue weighted by molar-refractivity contribution is 8.00. The second kappa shape index (κ2) is 9.27. The first-order valence-electron chi connectivity index (χ1n) is 10.5. The molecule has 1 aliphatic heterocycles. The average molecular weight is 514 g/mol. The van der Waals surface area contributed by atoms with E-state index in [2.05, 4.69) is 14.4 Å². The van der Waals surface area contributed by atoms with E-state index in [0.717, 1.165) is 44.0 Å². The first-order chi connectivity index (χ1) is 16.8. The highest BCUT2D eigenvalue weighted by Crippen LogP contribution is 2.40. The van der Waals surface area contributed by atoms with E-state index in [4.69, 9.17) is 0 Å². The van der Waals surface area contributed by atoms with Gasteiger partial charge in [0.2, 0.25) is 0 Å². The van der Waals surface area contributed by atoms with Crippen molar-refractivity contribution in [2.75, 3.05) is 11.8 Å². The van der Waals surface area contributed by atoms with Gasteiger partial charge in [0.05, 0.1) is 5.69 Å². The maximum Gasteiger partial charge on any atom is 0.573 e. The van der Waals surface area contributed by atoms with Crippen LogP contribution in [-0.4, -0.2) is 29.2 Å². The predicted molar refractivity (Wildman–Crippen MR) is 131 cm³/mol. The Morgan fingerprint density at radius 3 is 2.49 bits per heavy atom. The summed E-state index contributed by atoms with van der Waals surface area (Å²) < 4.78 is 46.0. The number of aromatic nitrogens is 1. The standard InChI is InChI=1S/C25H18F3N3O2S2/c1-31-14-17-12-15(5-7-18(17)24(31)32)21-9-10-22(34-21)16-6-8-20(33-25(26,27)28)19(13-16)30-35-23-4-2-3-11-29-23/h2-13,30H,14H2,1H3. The lowest BCUT2D eigenvalue weighted by Gasteiger charge is -2.15. The molecule has 5 rings (SSSR count). The molecule has 0 unspecified atom stereocenters. The lowest BCUT2D eigenvalue weighted by molar-refractivity contribution is -0.274. The van der Waals surface area contributed by atoms with Crippen molar-refractivity contribution in [2.45, 2.75) is 17.9 Å². The van der Waals surface area contributed by atoms with E-state index in [1.165, 1.54) is 17.4 Å². The van der Waals surface area contributed by atoms with E-state index in [9.17, 15) is 18.0 Å². The Balaban J connectivity index is 1.43. The normalized spacial score (nSPS) is 13.1. The molecule has 0 bridgehead atoms. The number of nitrogens with zero attached hydrogens (tertiary/aromatic N) is 2. The van der Waals surface area contributed by atoms with E-state index in [1.54, 1.807) is 48.5 Å². The van der Waals surface area contributed by atoms with Crippen LogP contribution < -0.4 is 9.46 Å². The number of nitrogens with one attached hydrogen (secondary N) is 1. The fourth-order valence-electron chi connectivity index (χ4n) is 3.76. The molecule has 1 N–H and O–H groups in total. The number of fused-ring (bicyclic) bond motifs is 1. The molecule has 10 heteroatoms. The predicted octanol–water partition coefficient (Wildman–Crippen LogP) is 7.08. The Morgan fingerprint density at radius 2 is 1.77 bits per heavy atom. The van der Waals surface area contributed by atoms with Crippen LogP contribution in [0.3, 0.4) is 0 Å². The first-order valence-corrected chi connectivity index (χ1v) is 12.1. The second-order valence-corrected chi connectivity index (χ2v) is 9.74. The minimum absolute atomic E-state index is 0.0168. The number of benzene rings is 2. The van der Waals surface area contributed by atoms with Gasteiger partial charge in [-0.15, -0.1) is 24.5 Å². The van der Waals surface area contributed by atoms with Crippen LogP contribution in [0.5, 0.6) is 5.75 Å². The third-order valence-corrected chi connectivity index (χ3v) is 7.33. The number of hydrogen-bond donors (Lipinski definition) is 1. The molecule has 0 saturated carbocycles. The van der Waals surface area contributed by atoms with Gasteiger partial charge in [-0.2, -0.15) is 0 Å². The summed E-state index contributed by atoms with van der Waals surface area (Å²) in [5.41, 5.74) is 3.62. The summed E-state index contributed by atoms with van der Waals surface area (Å²) >= 11 is 2.61. The molecule has 0 aliphatic carbocycles. The molecule has 0 atom stereocenters. The van der Waals surface area contributed by atoms with E-state index in [-0.39, 0.29) is 17.3 Å². The summed E-state index contributed by atoms with van der Waals surface area (Å²) in [4.78, 5) is 19.9. The number of hydrogen-bond acceptors (Lipinski definition) is 6. The van der Waals surface area contributed by atoms with Crippen molar-refractivity contribution in [3.63, 3.8) is 0 Å². The molecule has 1 amide bonds. The highest BCUT2D eigenvalue weighted by atomic mass is 32.2. The molecule has 178 valence electrons. The Kier molecular flexibility index (Phi) is 6.16. The van der Waals surface area contributed by atoms with Crippen LogP contribution >= 0.6 is 23.3 Å². The molecule has 4 aromatic rings. The van der Waals surface area contributed by atoms with E-state index >= 15 is 0 Å². The van der Waals surface area contributed by atoms with Crippen LogP contribution in [0.1, 0.15) is 15.9 Å². The van der Waals surface area contributed by atoms with Gasteiger partial charge in [-0.1, -0.05) is 12.1 Å². The van der Waals surface area contributed by atoms with Gasteiger partial charge < -0.3 is 14.4 Å². The van der Waals surface area contributed by atoms with Crippen LogP contribution in [0.2, 0.25) is 0 Å². The number of thiophene rings is 1. The molecule has 2 aromatic heterocycles. The molecule has 0 spiro atoms. The van der Waals surface area contributed by atoms with Gasteiger partial charge in [0.1, 0.15) is 5.03 Å². The third kappa shape index (κ3) is 5.13. The van der Waals surface area contributed by atoms with Gasteiger partial charge in [0.15, 0.2) is 5.75 Å². The lowest BCUT2D eigenvalue weighted by Crippen LogP contribution is -2.17. The molecule has 35 heavy (non-hydrogen) atoms. The van der Waals surface area contributed by atoms with Crippen LogP contribution in [0.15, 0.2) is 78.0 Å². The Labute approximate surface area is 207 Å². The Morgan fingerprint density at radius 1 is 1.03 bits per heavy atom. The quantitative estimate of drug-likeness (QED) is 0.279. The minimum Gasteiger partial charge on any atom is -0.404 e. The molecule has 1 aliphatic rings. The maximum atomic E-state index is 13.0. The zero-order chi connectivity index (χ0) is 24.6. The summed E-state index contributed by atoms with van der Waals surface area (Å²) in [5, 5.41) is 0.606. The van der Waals surface area contributed by atoms with Gasteiger partial charge in [0.25, 0.3) is 5.91 Å². The average Bonchev–Trinajstić information content (AvgIpc) is 3.43. The van der Waals surface area contributed by atoms with Crippen molar-refractivity contribution >= 4 is 34.9 Å². The molecule has 3 heterocycles. The van der Waals surface area contributed by atoms with E-state index in [0.29, 0.717) is 11.6 Å². The fourth-order valence-corrected chi connectivity index (χ4v) is 5.39. The van der Waals surface area contributed by atoms with Gasteiger partial charge in [-0.25, -0.2) is 4.98 Å². The Bertz CT molecular complexity index is 1390. The maximum absolute atomic E-state index is 13.0. The number of alkyl halides is 3. The number of carbonyl (C=O) groups excluding carboxylic acids is 1. The number of anilines is 1. The third-order valence-electron chi connectivity index (χ3n) is 5.37. The lowest BCUT2D eigenvalue weighted by atomic mass is 10.1. The molecule has 0 radical (unpaired) electrons. The number of ether oxygens (including phenoxy) is 1. The van der Waals surface area contributed by atoms with Crippen LogP contribution in [0, 0.1) is 0 Å². The fraction of sp³-hybridized carbons (Fsp3) is 0.120. The van der Waals surface area contributed by atoms with Gasteiger partial charge in [0, 0.05) is 47.1 Å². The van der Waals surface area contributed by atoms with Crippen molar-refractivity contribution in [3.8, 4) is 26.6 Å². The van der Waals surface area contributed by atoms with Gasteiger partial charge in [-0.3, -0.25) is 4.79 Å². The zero-order valence-corrected chi connectivity index (χ0v) is 19.9. The van der Waals surface area contributed by atoms with Crippen molar-refractivity contribution in [2.24, 2.45) is 0 Å². The molecular weight excluding hydrogens is 495 g/mol. The van der Waals surface area contributed by atoms with Crippen molar-refractivity contribution in [1.82, 2.24) is 9.88 Å². The summed E-state index contributed by atoms with van der Waals surface area (Å²) in [6.45, 7) is 0.573. The monoisotopic (exact) mass is 513 g/mol. The van der Waals surface area contributed by atoms with E-state index < -0.39 is 6.36 Å². The van der Waals surface area contributed by atoms with Crippen LogP contribution in [-0.2, 0) is 6.54 Å². The van der Waals surface area contributed by atoms with Gasteiger partial charge in [-0.05, 0) is 71.3 Å². The summed E-state index contributed by atoms with van der Waals surface area (Å²) in [5.74, 6) is -0.308. The number of pyridine rings is 1. The minimum atomic E-state index is -4.81.